The Morgan fingerprint density at radius 2 is 2.33 bits per heavy atom. The smallest absolute Gasteiger partial charge is 0.0836 e. The van der Waals surface area contributed by atoms with Gasteiger partial charge < -0.3 is 4.90 Å². The van der Waals surface area contributed by atoms with Crippen molar-refractivity contribution in [2.45, 2.75) is 0 Å². The number of hydrogen-bond donors (Lipinski definition) is 0. The van der Waals surface area contributed by atoms with Gasteiger partial charge >= 0.3 is 0 Å². The van der Waals surface area contributed by atoms with Crippen molar-refractivity contribution in [3.63, 3.8) is 0 Å². The molecule has 1 aliphatic rings. The van der Waals surface area contributed by atoms with Gasteiger partial charge in [-0.15, -0.1) is 0 Å². The quantitative estimate of drug-likeness (QED) is 0.485. The van der Waals surface area contributed by atoms with Crippen LogP contribution in [0.3, 0.4) is 0 Å². The normalized spacial score (nSPS) is 13.2. The summed E-state index contributed by atoms with van der Waals surface area (Å²) in [5.74, 6) is 0. The molecule has 0 atom stereocenters. The maximum absolute atomic E-state index is 4.24. The molecule has 60 valence electrons. The highest BCUT2D eigenvalue weighted by Crippen LogP contribution is 2.45. The highest BCUT2D eigenvalue weighted by molar-refractivity contribution is 5.92. The van der Waals surface area contributed by atoms with Crippen molar-refractivity contribution in [2.24, 2.45) is 0 Å². The van der Waals surface area contributed by atoms with Gasteiger partial charge in [0.2, 0.25) is 0 Å². The third-order valence-electron chi connectivity index (χ3n) is 1.96. The first-order valence-corrected chi connectivity index (χ1v) is 3.86. The lowest BCUT2D eigenvalue weighted by Gasteiger charge is -1.84. The van der Waals surface area contributed by atoms with Crippen molar-refractivity contribution in [3.05, 3.63) is 36.7 Å². The first-order chi connectivity index (χ1) is 5.83. The minimum atomic E-state index is 0.984. The molecule has 0 fully saturated rings. The van der Waals surface area contributed by atoms with Gasteiger partial charge in [-0.3, -0.25) is 4.98 Å². The SMILES string of the molecule is C=C/C=C/c1cc2c(cn1)N2C. The maximum Gasteiger partial charge on any atom is 0.0836 e. The molecule has 2 heterocycles. The summed E-state index contributed by atoms with van der Waals surface area (Å²) in [6, 6.07) is 2.06. The summed E-state index contributed by atoms with van der Waals surface area (Å²) in [4.78, 5) is 6.35. The van der Waals surface area contributed by atoms with Gasteiger partial charge in [-0.2, -0.15) is 0 Å². The molecule has 2 nitrogen and oxygen atoms in total. The molecule has 2 heteroatoms. The lowest BCUT2D eigenvalue weighted by atomic mass is 10.3. The van der Waals surface area contributed by atoms with Gasteiger partial charge in [-0.1, -0.05) is 18.7 Å². The number of pyridine rings is 1. The molecular weight excluding hydrogens is 148 g/mol. The van der Waals surface area contributed by atoms with Crippen LogP contribution in [-0.2, 0) is 0 Å². The molecule has 1 aliphatic heterocycles. The summed E-state index contributed by atoms with van der Waals surface area (Å²) < 4.78 is 0. The predicted molar refractivity (Wildman–Crippen MR) is 51.5 cm³/mol. The van der Waals surface area contributed by atoms with Crippen LogP contribution >= 0.6 is 0 Å². The molecule has 0 radical (unpaired) electrons. The standard InChI is InChI=1S/C10H10N2/c1-3-4-5-8-6-9-10(7-11-8)12(9)2/h3-7H,1H2,2H3/b5-4+. The Morgan fingerprint density at radius 1 is 1.50 bits per heavy atom. The maximum atomic E-state index is 4.24. The second kappa shape index (κ2) is 2.48. The zero-order valence-electron chi connectivity index (χ0n) is 6.99. The van der Waals surface area contributed by atoms with Crippen LogP contribution in [0.1, 0.15) is 5.69 Å². The van der Waals surface area contributed by atoms with Crippen LogP contribution in [0.2, 0.25) is 0 Å². The summed E-state index contributed by atoms with van der Waals surface area (Å²) in [7, 11) is 2.04. The highest BCUT2D eigenvalue weighted by Gasteiger charge is 2.24. The van der Waals surface area contributed by atoms with E-state index >= 15 is 0 Å². The molecule has 1 aromatic rings. The van der Waals surface area contributed by atoms with Crippen molar-refractivity contribution < 1.29 is 0 Å². The van der Waals surface area contributed by atoms with E-state index in [2.05, 4.69) is 22.5 Å². The Hall–Kier alpha value is -1.57. The van der Waals surface area contributed by atoms with Crippen LogP contribution in [0.5, 0.6) is 0 Å². The minimum absolute atomic E-state index is 0.984. The number of hydrogen-bond acceptors (Lipinski definition) is 2. The fourth-order valence-electron chi connectivity index (χ4n) is 1.18. The first kappa shape index (κ1) is 7.10. The molecule has 0 aromatic carbocycles. The molecule has 0 saturated carbocycles. The van der Waals surface area contributed by atoms with Crippen LogP contribution < -0.4 is 4.90 Å². The molecule has 0 spiro atoms. The van der Waals surface area contributed by atoms with E-state index in [1.807, 2.05) is 25.4 Å². The van der Waals surface area contributed by atoms with E-state index in [4.69, 9.17) is 0 Å². The van der Waals surface area contributed by atoms with E-state index in [1.165, 1.54) is 11.4 Å². The fraction of sp³-hybridized carbons (Fsp3) is 0.100. The Kier molecular flexibility index (Phi) is 1.47. The van der Waals surface area contributed by atoms with Crippen LogP contribution in [0.25, 0.3) is 6.08 Å². The lowest BCUT2D eigenvalue weighted by Crippen LogP contribution is -1.81. The molecule has 1 aromatic heterocycles. The van der Waals surface area contributed by atoms with E-state index in [0.717, 1.165) is 5.69 Å². The van der Waals surface area contributed by atoms with Crippen molar-refractivity contribution in [1.82, 2.24) is 4.98 Å². The molecule has 0 aliphatic carbocycles. The summed E-state index contributed by atoms with van der Waals surface area (Å²) in [5, 5.41) is 0. The average Bonchev–Trinajstić information content (AvgIpc) is 2.74. The van der Waals surface area contributed by atoms with Gasteiger partial charge in [0.25, 0.3) is 0 Å². The van der Waals surface area contributed by atoms with Crippen LogP contribution in [-0.4, -0.2) is 12.0 Å². The zero-order chi connectivity index (χ0) is 8.55. The summed E-state index contributed by atoms with van der Waals surface area (Å²) >= 11 is 0. The Morgan fingerprint density at radius 3 is 3.00 bits per heavy atom. The topological polar surface area (TPSA) is 15.9 Å². The Bertz CT molecular complexity index is 353. The average molecular weight is 158 g/mol. The number of nitrogens with zero attached hydrogens (tertiary/aromatic N) is 2. The van der Waals surface area contributed by atoms with Gasteiger partial charge in [0.15, 0.2) is 0 Å². The van der Waals surface area contributed by atoms with Crippen molar-refractivity contribution in [3.8, 4) is 0 Å². The Balaban J connectivity index is 2.27. The molecule has 0 amide bonds. The third kappa shape index (κ3) is 1.01. The number of fused-ring (bicyclic) bond motifs is 1. The highest BCUT2D eigenvalue weighted by atomic mass is 15.2. The van der Waals surface area contributed by atoms with E-state index in [0.29, 0.717) is 0 Å². The number of anilines is 2. The number of allylic oxidation sites excluding steroid dienone is 2. The third-order valence-corrected chi connectivity index (χ3v) is 1.96. The second-order valence-electron chi connectivity index (χ2n) is 2.75. The van der Waals surface area contributed by atoms with Gasteiger partial charge in [0, 0.05) is 7.05 Å². The van der Waals surface area contributed by atoms with Crippen molar-refractivity contribution in [2.75, 3.05) is 11.9 Å². The van der Waals surface area contributed by atoms with E-state index in [-0.39, 0.29) is 0 Å². The predicted octanol–water partition coefficient (Wildman–Crippen LogP) is 2.36. The van der Waals surface area contributed by atoms with Crippen LogP contribution in [0.15, 0.2) is 31.0 Å². The van der Waals surface area contributed by atoms with Gasteiger partial charge in [0.1, 0.15) is 0 Å². The monoisotopic (exact) mass is 158 g/mol. The molecule has 0 N–H and O–H groups in total. The summed E-state index contributed by atoms with van der Waals surface area (Å²) in [6.07, 6.45) is 7.46. The minimum Gasteiger partial charge on any atom is -0.340 e. The van der Waals surface area contributed by atoms with E-state index in [9.17, 15) is 0 Å². The molecule has 0 bridgehead atoms. The van der Waals surface area contributed by atoms with Crippen LogP contribution in [0, 0.1) is 0 Å². The van der Waals surface area contributed by atoms with Gasteiger partial charge in [-0.25, -0.2) is 0 Å². The second-order valence-corrected chi connectivity index (χ2v) is 2.75. The number of aromatic nitrogens is 1. The van der Waals surface area contributed by atoms with E-state index in [1.54, 1.807) is 6.08 Å². The van der Waals surface area contributed by atoms with Crippen molar-refractivity contribution in [1.29, 1.82) is 0 Å². The summed E-state index contributed by atoms with van der Waals surface area (Å²) in [5.41, 5.74) is 3.48. The summed E-state index contributed by atoms with van der Waals surface area (Å²) in [6.45, 7) is 3.60. The largest absolute Gasteiger partial charge is 0.340 e. The van der Waals surface area contributed by atoms with E-state index < -0.39 is 0 Å². The molecule has 12 heavy (non-hydrogen) atoms. The molecule has 0 saturated heterocycles. The fourth-order valence-corrected chi connectivity index (χ4v) is 1.18. The van der Waals surface area contributed by atoms with Crippen LogP contribution in [0.4, 0.5) is 11.4 Å². The first-order valence-electron chi connectivity index (χ1n) is 3.86. The van der Waals surface area contributed by atoms with Gasteiger partial charge in [-0.05, 0) is 12.1 Å². The molecule has 2 rings (SSSR count). The lowest BCUT2D eigenvalue weighted by molar-refractivity contribution is 1.33. The van der Waals surface area contributed by atoms with Gasteiger partial charge in [0.05, 0.1) is 23.3 Å². The number of rotatable bonds is 2. The Labute approximate surface area is 71.9 Å². The molecular formula is C10H10N2. The van der Waals surface area contributed by atoms with Crippen molar-refractivity contribution >= 4 is 17.5 Å². The zero-order valence-corrected chi connectivity index (χ0v) is 6.99. The molecule has 0 unspecified atom stereocenters.